The Balaban J connectivity index is 2.03. The van der Waals surface area contributed by atoms with E-state index in [1.165, 1.54) is 0 Å². The van der Waals surface area contributed by atoms with E-state index < -0.39 is 0 Å². The second-order valence-electron chi connectivity index (χ2n) is 4.81. The second kappa shape index (κ2) is 8.53. The number of benzene rings is 2. The fraction of sp³-hybridized carbons (Fsp3) is 0.235. The van der Waals surface area contributed by atoms with Gasteiger partial charge in [-0.3, -0.25) is 4.79 Å². The number of halogens is 2. The molecule has 0 spiro atoms. The summed E-state index contributed by atoms with van der Waals surface area (Å²) in [4.78, 5) is 12.2. The van der Waals surface area contributed by atoms with Gasteiger partial charge in [0.05, 0.1) is 11.1 Å². The van der Waals surface area contributed by atoms with Crippen LogP contribution in [0.4, 0.5) is 5.69 Å². The Morgan fingerprint density at radius 1 is 1.23 bits per heavy atom. The van der Waals surface area contributed by atoms with Gasteiger partial charge in [-0.25, -0.2) is 0 Å². The molecule has 1 N–H and O–H groups in total. The molecule has 0 unspecified atom stereocenters. The van der Waals surface area contributed by atoms with Crippen molar-refractivity contribution in [3.63, 3.8) is 0 Å². The van der Waals surface area contributed by atoms with Crippen LogP contribution >= 0.6 is 38.5 Å². The summed E-state index contributed by atoms with van der Waals surface area (Å²) in [6.07, 6.45) is 2.11. The quantitative estimate of drug-likeness (QED) is 0.445. The number of rotatable bonds is 6. The van der Waals surface area contributed by atoms with Crippen molar-refractivity contribution in [2.45, 2.75) is 19.8 Å². The lowest BCUT2D eigenvalue weighted by Gasteiger charge is -2.10. The number of carbonyl (C=O) groups is 1. The number of amides is 1. The average molecular weight is 474 g/mol. The van der Waals surface area contributed by atoms with Gasteiger partial charge >= 0.3 is 0 Å². The van der Waals surface area contributed by atoms with Gasteiger partial charge in [0.2, 0.25) is 0 Å². The number of hydrogen-bond donors (Lipinski definition) is 1. The number of nitrogens with one attached hydrogen (secondary N) is 1. The summed E-state index contributed by atoms with van der Waals surface area (Å²) in [6.45, 7) is 2.81. The van der Waals surface area contributed by atoms with E-state index in [0.717, 1.165) is 32.3 Å². The molecule has 0 saturated heterocycles. The van der Waals surface area contributed by atoms with Crippen LogP contribution in [0.5, 0.6) is 5.75 Å². The van der Waals surface area contributed by atoms with Crippen LogP contribution in [-0.2, 0) is 0 Å². The Bertz CT molecular complexity index is 644. The Labute approximate surface area is 152 Å². The second-order valence-corrected chi connectivity index (χ2v) is 6.91. The third kappa shape index (κ3) is 4.98. The Hall–Kier alpha value is -1.08. The molecular formula is C17H17BrINO2. The molecule has 0 aromatic heterocycles. The lowest BCUT2D eigenvalue weighted by molar-refractivity contribution is 0.102. The fourth-order valence-electron chi connectivity index (χ4n) is 1.82. The zero-order chi connectivity index (χ0) is 15.9. The molecule has 1 amide bonds. The number of anilines is 1. The zero-order valence-corrected chi connectivity index (χ0v) is 16.0. The van der Waals surface area contributed by atoms with Crippen molar-refractivity contribution in [2.24, 2.45) is 0 Å². The molecule has 2 aromatic rings. The number of carbonyl (C=O) groups excluding carboxylic acids is 1. The van der Waals surface area contributed by atoms with Crippen LogP contribution in [0, 0.1) is 3.57 Å². The topological polar surface area (TPSA) is 38.3 Å². The molecule has 0 bridgehead atoms. The molecular weight excluding hydrogens is 457 g/mol. The molecule has 0 fully saturated rings. The molecule has 0 aliphatic carbocycles. The molecule has 0 heterocycles. The lowest BCUT2D eigenvalue weighted by Crippen LogP contribution is -2.12. The van der Waals surface area contributed by atoms with E-state index in [1.807, 2.05) is 30.3 Å². The third-order valence-electron chi connectivity index (χ3n) is 3.05. The minimum absolute atomic E-state index is 0.137. The Kier molecular flexibility index (Phi) is 6.70. The number of hydrogen-bond acceptors (Lipinski definition) is 2. The summed E-state index contributed by atoms with van der Waals surface area (Å²) < 4.78 is 7.59. The van der Waals surface area contributed by atoms with Crippen LogP contribution in [0.2, 0.25) is 0 Å². The molecule has 3 nitrogen and oxygen atoms in total. The van der Waals surface area contributed by atoms with Crippen LogP contribution < -0.4 is 10.1 Å². The molecule has 2 aromatic carbocycles. The van der Waals surface area contributed by atoms with Crippen LogP contribution in [0.25, 0.3) is 0 Å². The van der Waals surface area contributed by atoms with Gasteiger partial charge in [0.1, 0.15) is 5.75 Å². The summed E-state index contributed by atoms with van der Waals surface area (Å²) in [5.41, 5.74) is 1.37. The largest absolute Gasteiger partial charge is 0.492 e. The molecule has 0 radical (unpaired) electrons. The molecule has 5 heteroatoms. The minimum Gasteiger partial charge on any atom is -0.492 e. The van der Waals surface area contributed by atoms with Gasteiger partial charge in [-0.2, -0.15) is 0 Å². The number of unbranched alkanes of at least 4 members (excludes halogenated alkanes) is 1. The lowest BCUT2D eigenvalue weighted by atomic mass is 10.2. The van der Waals surface area contributed by atoms with E-state index in [-0.39, 0.29) is 5.91 Å². The number of ether oxygens (including phenoxy) is 1. The van der Waals surface area contributed by atoms with Crippen molar-refractivity contribution in [3.8, 4) is 5.75 Å². The predicted molar refractivity (Wildman–Crippen MR) is 102 cm³/mol. The van der Waals surface area contributed by atoms with Gasteiger partial charge < -0.3 is 10.1 Å². The summed E-state index contributed by atoms with van der Waals surface area (Å²) in [6, 6.07) is 13.1. The van der Waals surface area contributed by atoms with E-state index in [9.17, 15) is 4.79 Å². The van der Waals surface area contributed by atoms with Crippen molar-refractivity contribution in [1.29, 1.82) is 0 Å². The molecule has 0 aliphatic rings. The minimum atomic E-state index is -0.137. The summed E-state index contributed by atoms with van der Waals surface area (Å²) in [5, 5.41) is 2.88. The smallest absolute Gasteiger partial charge is 0.255 e. The highest BCUT2D eigenvalue weighted by molar-refractivity contribution is 14.1. The maximum atomic E-state index is 12.2. The van der Waals surface area contributed by atoms with Gasteiger partial charge in [-0.05, 0) is 87.4 Å². The normalized spacial score (nSPS) is 10.3. The van der Waals surface area contributed by atoms with Crippen molar-refractivity contribution < 1.29 is 9.53 Å². The van der Waals surface area contributed by atoms with E-state index in [2.05, 4.69) is 50.8 Å². The summed E-state index contributed by atoms with van der Waals surface area (Å²) >= 11 is 5.69. The van der Waals surface area contributed by atoms with Crippen LogP contribution in [0.15, 0.2) is 46.9 Å². The molecule has 0 aliphatic heterocycles. The average Bonchev–Trinajstić information content (AvgIpc) is 2.51. The van der Waals surface area contributed by atoms with E-state index in [1.54, 1.807) is 12.1 Å². The predicted octanol–water partition coefficient (Wildman–Crippen LogP) is 5.48. The van der Waals surface area contributed by atoms with Crippen LogP contribution in [-0.4, -0.2) is 12.5 Å². The van der Waals surface area contributed by atoms with Crippen molar-refractivity contribution in [1.82, 2.24) is 0 Å². The highest BCUT2D eigenvalue weighted by atomic mass is 127. The van der Waals surface area contributed by atoms with Gasteiger partial charge in [0.25, 0.3) is 5.91 Å². The molecule has 2 rings (SSSR count). The van der Waals surface area contributed by atoms with E-state index in [4.69, 9.17) is 4.74 Å². The highest BCUT2D eigenvalue weighted by Gasteiger charge is 2.09. The van der Waals surface area contributed by atoms with Crippen molar-refractivity contribution in [3.05, 3.63) is 56.1 Å². The summed E-state index contributed by atoms with van der Waals surface area (Å²) in [5.74, 6) is 0.626. The third-order valence-corrected chi connectivity index (χ3v) is 4.39. The van der Waals surface area contributed by atoms with Gasteiger partial charge in [-0.1, -0.05) is 13.3 Å². The fourth-order valence-corrected chi connectivity index (χ4v) is 2.67. The van der Waals surface area contributed by atoms with Crippen LogP contribution in [0.3, 0.4) is 0 Å². The first-order valence-corrected chi connectivity index (χ1v) is 8.96. The molecule has 0 saturated carbocycles. The highest BCUT2D eigenvalue weighted by Crippen LogP contribution is 2.26. The maximum Gasteiger partial charge on any atom is 0.255 e. The van der Waals surface area contributed by atoms with E-state index in [0.29, 0.717) is 12.2 Å². The van der Waals surface area contributed by atoms with E-state index >= 15 is 0 Å². The molecule has 116 valence electrons. The first-order valence-electron chi connectivity index (χ1n) is 7.09. The van der Waals surface area contributed by atoms with Crippen molar-refractivity contribution >= 4 is 50.1 Å². The Morgan fingerprint density at radius 3 is 2.59 bits per heavy atom. The first kappa shape index (κ1) is 17.3. The van der Waals surface area contributed by atoms with Gasteiger partial charge in [0.15, 0.2) is 0 Å². The maximum absolute atomic E-state index is 12.2. The first-order chi connectivity index (χ1) is 10.6. The van der Waals surface area contributed by atoms with Gasteiger partial charge in [-0.15, -0.1) is 0 Å². The molecule has 0 atom stereocenters. The zero-order valence-electron chi connectivity index (χ0n) is 12.2. The van der Waals surface area contributed by atoms with Crippen LogP contribution in [0.1, 0.15) is 30.1 Å². The molecule has 22 heavy (non-hydrogen) atoms. The monoisotopic (exact) mass is 473 g/mol. The standard InChI is InChI=1S/C17H17BrINO2/c1-2-3-10-22-16-9-4-12(11-15(16)18)17(21)20-14-7-5-13(19)6-8-14/h4-9,11H,2-3,10H2,1H3,(H,20,21). The Morgan fingerprint density at radius 2 is 1.95 bits per heavy atom. The van der Waals surface area contributed by atoms with Gasteiger partial charge in [0, 0.05) is 14.8 Å². The van der Waals surface area contributed by atoms with Crippen molar-refractivity contribution in [2.75, 3.05) is 11.9 Å². The SMILES string of the molecule is CCCCOc1ccc(C(=O)Nc2ccc(I)cc2)cc1Br. The summed E-state index contributed by atoms with van der Waals surface area (Å²) in [7, 11) is 0.